The summed E-state index contributed by atoms with van der Waals surface area (Å²) in [5.41, 5.74) is 1.31. The van der Waals surface area contributed by atoms with Gasteiger partial charge in [0.15, 0.2) is 0 Å². The van der Waals surface area contributed by atoms with Crippen molar-refractivity contribution in [2.45, 2.75) is 45.4 Å². The zero-order valence-electron chi connectivity index (χ0n) is 10.3. The molecule has 16 heavy (non-hydrogen) atoms. The van der Waals surface area contributed by atoms with Crippen LogP contribution in [-0.2, 0) is 0 Å². The lowest BCUT2D eigenvalue weighted by Crippen LogP contribution is -2.60. The van der Waals surface area contributed by atoms with E-state index >= 15 is 0 Å². The standard InChI is InChI=1S/C14H21NO/c1-10(11-7-5-4-6-8-11)15-12-9-13(16)14(12,2)3/h4-8,10,12-13,15-16H,9H2,1-3H3/t10-,12?,13?/m0/s1. The normalized spacial score (nSPS) is 29.5. The highest BCUT2D eigenvalue weighted by Gasteiger charge is 2.47. The van der Waals surface area contributed by atoms with Crippen molar-refractivity contribution in [2.24, 2.45) is 5.41 Å². The average Bonchev–Trinajstić information content (AvgIpc) is 2.29. The first-order valence-corrected chi connectivity index (χ1v) is 6.01. The predicted octanol–water partition coefficient (Wildman–Crippen LogP) is 2.50. The van der Waals surface area contributed by atoms with Gasteiger partial charge in [-0.25, -0.2) is 0 Å². The lowest BCUT2D eigenvalue weighted by Gasteiger charge is -2.50. The highest BCUT2D eigenvalue weighted by Crippen LogP contribution is 2.41. The molecule has 88 valence electrons. The third-order valence-corrected chi connectivity index (χ3v) is 3.97. The first kappa shape index (κ1) is 11.6. The molecule has 0 amide bonds. The molecule has 3 atom stereocenters. The molecule has 2 heteroatoms. The van der Waals surface area contributed by atoms with Crippen molar-refractivity contribution in [2.75, 3.05) is 0 Å². The minimum absolute atomic E-state index is 0.00302. The maximum Gasteiger partial charge on any atom is 0.0621 e. The van der Waals surface area contributed by atoms with Gasteiger partial charge in [0.25, 0.3) is 0 Å². The predicted molar refractivity (Wildman–Crippen MR) is 66.2 cm³/mol. The maximum absolute atomic E-state index is 9.69. The smallest absolute Gasteiger partial charge is 0.0621 e. The van der Waals surface area contributed by atoms with Gasteiger partial charge in [-0.1, -0.05) is 44.2 Å². The fraction of sp³-hybridized carbons (Fsp3) is 0.571. The Morgan fingerprint density at radius 3 is 2.44 bits per heavy atom. The Balaban J connectivity index is 1.97. The van der Waals surface area contributed by atoms with Crippen LogP contribution in [0.3, 0.4) is 0 Å². The number of hydrogen-bond donors (Lipinski definition) is 2. The molecule has 0 aromatic heterocycles. The Morgan fingerprint density at radius 2 is 1.94 bits per heavy atom. The summed E-state index contributed by atoms with van der Waals surface area (Å²) in [5, 5.41) is 13.3. The molecule has 1 aromatic carbocycles. The van der Waals surface area contributed by atoms with Gasteiger partial charge in [-0.15, -0.1) is 0 Å². The summed E-state index contributed by atoms with van der Waals surface area (Å²) in [6.07, 6.45) is 0.706. The molecule has 1 aromatic rings. The van der Waals surface area contributed by atoms with Crippen molar-refractivity contribution in [1.82, 2.24) is 5.32 Å². The molecular formula is C14H21NO. The topological polar surface area (TPSA) is 32.3 Å². The first-order valence-electron chi connectivity index (χ1n) is 6.01. The summed E-state index contributed by atoms with van der Waals surface area (Å²) < 4.78 is 0. The van der Waals surface area contributed by atoms with Crippen molar-refractivity contribution in [1.29, 1.82) is 0 Å². The van der Waals surface area contributed by atoms with Gasteiger partial charge in [-0.2, -0.15) is 0 Å². The summed E-state index contributed by atoms with van der Waals surface area (Å²) in [6, 6.07) is 11.2. The Kier molecular flexibility index (Phi) is 3.04. The van der Waals surface area contributed by atoms with Crippen molar-refractivity contribution in [3.05, 3.63) is 35.9 Å². The third kappa shape index (κ3) is 2.00. The van der Waals surface area contributed by atoms with Gasteiger partial charge >= 0.3 is 0 Å². The van der Waals surface area contributed by atoms with E-state index in [1.807, 2.05) is 6.07 Å². The Bertz CT molecular complexity index is 347. The highest BCUT2D eigenvalue weighted by molar-refractivity contribution is 5.19. The molecule has 2 unspecified atom stereocenters. The SMILES string of the molecule is C[C@H](NC1CC(O)C1(C)C)c1ccccc1. The van der Waals surface area contributed by atoms with Crippen LogP contribution in [0.1, 0.15) is 38.8 Å². The van der Waals surface area contributed by atoms with Crippen LogP contribution in [-0.4, -0.2) is 17.3 Å². The molecule has 2 N–H and O–H groups in total. The quantitative estimate of drug-likeness (QED) is 0.818. The van der Waals surface area contributed by atoms with Crippen LogP contribution >= 0.6 is 0 Å². The van der Waals surface area contributed by atoms with Gasteiger partial charge in [-0.3, -0.25) is 0 Å². The van der Waals surface area contributed by atoms with E-state index in [1.54, 1.807) is 0 Å². The number of rotatable bonds is 3. The van der Waals surface area contributed by atoms with Crippen molar-refractivity contribution >= 4 is 0 Å². The summed E-state index contributed by atoms with van der Waals surface area (Å²) in [4.78, 5) is 0. The summed E-state index contributed by atoms with van der Waals surface area (Å²) in [5.74, 6) is 0. The molecule has 0 bridgehead atoms. The number of aliphatic hydroxyl groups is 1. The Hall–Kier alpha value is -0.860. The fourth-order valence-electron chi connectivity index (χ4n) is 2.33. The average molecular weight is 219 g/mol. The van der Waals surface area contributed by atoms with Gasteiger partial charge in [0.2, 0.25) is 0 Å². The molecule has 1 aliphatic rings. The minimum atomic E-state index is -0.159. The lowest BCUT2D eigenvalue weighted by molar-refractivity contribution is -0.0754. The van der Waals surface area contributed by atoms with E-state index in [9.17, 15) is 5.11 Å². The van der Waals surface area contributed by atoms with E-state index in [2.05, 4.69) is 50.4 Å². The van der Waals surface area contributed by atoms with E-state index in [4.69, 9.17) is 0 Å². The van der Waals surface area contributed by atoms with Gasteiger partial charge in [0.1, 0.15) is 0 Å². The molecule has 0 heterocycles. The van der Waals surface area contributed by atoms with Crippen LogP contribution in [0.2, 0.25) is 0 Å². The van der Waals surface area contributed by atoms with Crippen LogP contribution < -0.4 is 5.32 Å². The van der Waals surface area contributed by atoms with E-state index in [1.165, 1.54) is 5.56 Å². The number of benzene rings is 1. The van der Waals surface area contributed by atoms with E-state index in [0.717, 1.165) is 6.42 Å². The summed E-state index contributed by atoms with van der Waals surface area (Å²) in [7, 11) is 0. The van der Waals surface area contributed by atoms with Crippen molar-refractivity contribution in [3.63, 3.8) is 0 Å². The summed E-state index contributed by atoms with van der Waals surface area (Å²) in [6.45, 7) is 6.42. The van der Waals surface area contributed by atoms with Crippen molar-refractivity contribution in [3.8, 4) is 0 Å². The largest absolute Gasteiger partial charge is 0.392 e. The van der Waals surface area contributed by atoms with Crippen LogP contribution in [0.25, 0.3) is 0 Å². The number of hydrogen-bond acceptors (Lipinski definition) is 2. The van der Waals surface area contributed by atoms with Gasteiger partial charge in [0, 0.05) is 17.5 Å². The Labute approximate surface area is 97.7 Å². The molecule has 1 saturated carbocycles. The van der Waals surface area contributed by atoms with Crippen LogP contribution in [0.4, 0.5) is 0 Å². The minimum Gasteiger partial charge on any atom is -0.392 e. The molecule has 0 aliphatic heterocycles. The van der Waals surface area contributed by atoms with Crippen LogP contribution in [0.15, 0.2) is 30.3 Å². The molecule has 0 saturated heterocycles. The van der Waals surface area contributed by atoms with Crippen molar-refractivity contribution < 1.29 is 5.11 Å². The third-order valence-electron chi connectivity index (χ3n) is 3.97. The second-order valence-electron chi connectivity index (χ2n) is 5.42. The van der Waals surface area contributed by atoms with E-state index < -0.39 is 0 Å². The van der Waals surface area contributed by atoms with E-state index in [-0.39, 0.29) is 11.5 Å². The molecule has 0 radical (unpaired) electrons. The highest BCUT2D eigenvalue weighted by atomic mass is 16.3. The zero-order valence-corrected chi connectivity index (χ0v) is 10.3. The Morgan fingerprint density at radius 1 is 1.31 bits per heavy atom. The zero-order chi connectivity index (χ0) is 11.8. The van der Waals surface area contributed by atoms with Gasteiger partial charge in [-0.05, 0) is 18.9 Å². The second kappa shape index (κ2) is 4.19. The molecule has 1 fully saturated rings. The van der Waals surface area contributed by atoms with Gasteiger partial charge < -0.3 is 10.4 Å². The molecule has 2 nitrogen and oxygen atoms in total. The lowest BCUT2D eigenvalue weighted by atomic mass is 9.64. The van der Waals surface area contributed by atoms with Crippen LogP contribution in [0, 0.1) is 5.41 Å². The first-order chi connectivity index (χ1) is 7.51. The fourth-order valence-corrected chi connectivity index (χ4v) is 2.33. The molecule has 0 spiro atoms. The maximum atomic E-state index is 9.69. The molecule has 2 rings (SSSR count). The number of nitrogens with one attached hydrogen (secondary N) is 1. The second-order valence-corrected chi connectivity index (χ2v) is 5.42. The summed E-state index contributed by atoms with van der Waals surface area (Å²) >= 11 is 0. The van der Waals surface area contributed by atoms with Gasteiger partial charge in [0.05, 0.1) is 6.10 Å². The molecular weight excluding hydrogens is 198 g/mol. The molecule has 1 aliphatic carbocycles. The number of aliphatic hydroxyl groups excluding tert-OH is 1. The van der Waals surface area contributed by atoms with Crippen LogP contribution in [0.5, 0.6) is 0 Å². The van der Waals surface area contributed by atoms with E-state index in [0.29, 0.717) is 12.1 Å². The monoisotopic (exact) mass is 219 g/mol.